The minimum absolute atomic E-state index is 0.364. The summed E-state index contributed by atoms with van der Waals surface area (Å²) in [5.41, 5.74) is 3.76. The molecule has 0 radical (unpaired) electrons. The van der Waals surface area contributed by atoms with Crippen molar-refractivity contribution in [1.82, 2.24) is 19.4 Å². The van der Waals surface area contributed by atoms with Crippen LogP contribution < -0.4 is 0 Å². The van der Waals surface area contributed by atoms with Crippen LogP contribution in [0.2, 0.25) is 0 Å². The first-order valence-corrected chi connectivity index (χ1v) is 9.56. The third kappa shape index (κ3) is 4.14. The number of pyridine rings is 1. The molecule has 2 aliphatic rings. The number of imidazole rings is 1. The largest absolute Gasteiger partial charge is 0.381 e. The summed E-state index contributed by atoms with van der Waals surface area (Å²) in [7, 11) is 2.09. The average molecular weight is 356 g/mol. The highest BCUT2D eigenvalue weighted by molar-refractivity contribution is 5.22. The van der Waals surface area contributed by atoms with Crippen molar-refractivity contribution in [1.29, 1.82) is 0 Å². The van der Waals surface area contributed by atoms with Gasteiger partial charge in [-0.25, -0.2) is 4.98 Å². The van der Waals surface area contributed by atoms with Gasteiger partial charge in [0.2, 0.25) is 0 Å². The molecular weight excluding hydrogens is 328 g/mol. The van der Waals surface area contributed by atoms with Crippen LogP contribution in [0.25, 0.3) is 0 Å². The van der Waals surface area contributed by atoms with Crippen molar-refractivity contribution in [2.24, 2.45) is 13.0 Å². The van der Waals surface area contributed by atoms with Gasteiger partial charge in [-0.1, -0.05) is 6.07 Å². The van der Waals surface area contributed by atoms with Crippen molar-refractivity contribution in [3.63, 3.8) is 0 Å². The predicted octanol–water partition coefficient (Wildman–Crippen LogP) is 2.36. The predicted molar refractivity (Wildman–Crippen MR) is 98.7 cm³/mol. The van der Waals surface area contributed by atoms with E-state index in [9.17, 15) is 0 Å². The summed E-state index contributed by atoms with van der Waals surface area (Å²) in [6.07, 6.45) is 7.95. The smallest absolute Gasteiger partial charge is 0.0949 e. The zero-order valence-electron chi connectivity index (χ0n) is 15.5. The maximum Gasteiger partial charge on any atom is 0.0949 e. The Morgan fingerprint density at radius 2 is 2.15 bits per heavy atom. The molecule has 0 aromatic carbocycles. The zero-order valence-corrected chi connectivity index (χ0v) is 15.5. The number of ether oxygens (including phenoxy) is 2. The molecule has 0 bridgehead atoms. The summed E-state index contributed by atoms with van der Waals surface area (Å²) in [5.74, 6) is 1.01. The van der Waals surface area contributed by atoms with Gasteiger partial charge in [0, 0.05) is 70.5 Å². The lowest BCUT2D eigenvalue weighted by Crippen LogP contribution is -2.36. The Hall–Kier alpha value is -1.76. The van der Waals surface area contributed by atoms with E-state index in [1.807, 2.05) is 24.8 Å². The lowest BCUT2D eigenvalue weighted by atomic mass is 9.98. The number of hydrogen-bond donors (Lipinski definition) is 0. The molecule has 6 heteroatoms. The second-order valence-electron chi connectivity index (χ2n) is 7.51. The Balaban J connectivity index is 1.39. The van der Waals surface area contributed by atoms with Crippen LogP contribution in [0.1, 0.15) is 35.7 Å². The number of nitrogens with zero attached hydrogens (tertiary/aromatic N) is 4. The average Bonchev–Trinajstić information content (AvgIpc) is 3.04. The molecule has 0 N–H and O–H groups in total. The van der Waals surface area contributed by atoms with Crippen molar-refractivity contribution in [2.45, 2.75) is 31.8 Å². The molecule has 1 fully saturated rings. The fourth-order valence-corrected chi connectivity index (χ4v) is 4.10. The van der Waals surface area contributed by atoms with E-state index in [1.54, 1.807) is 0 Å². The van der Waals surface area contributed by atoms with Gasteiger partial charge in [-0.05, 0) is 30.4 Å². The van der Waals surface area contributed by atoms with Crippen molar-refractivity contribution in [3.8, 4) is 0 Å². The van der Waals surface area contributed by atoms with Gasteiger partial charge in [-0.3, -0.25) is 9.88 Å². The van der Waals surface area contributed by atoms with Crippen molar-refractivity contribution < 1.29 is 9.47 Å². The Morgan fingerprint density at radius 3 is 2.96 bits per heavy atom. The Morgan fingerprint density at radius 1 is 1.27 bits per heavy atom. The second-order valence-corrected chi connectivity index (χ2v) is 7.51. The van der Waals surface area contributed by atoms with Crippen LogP contribution in [0.4, 0.5) is 0 Å². The summed E-state index contributed by atoms with van der Waals surface area (Å²) in [4.78, 5) is 11.3. The lowest BCUT2D eigenvalue weighted by molar-refractivity contribution is 0.0127. The summed E-state index contributed by atoms with van der Waals surface area (Å²) >= 11 is 0. The van der Waals surface area contributed by atoms with E-state index in [4.69, 9.17) is 9.47 Å². The molecule has 1 atom stereocenters. The van der Waals surface area contributed by atoms with Gasteiger partial charge in [0.1, 0.15) is 0 Å². The number of rotatable bonds is 6. The van der Waals surface area contributed by atoms with Crippen LogP contribution >= 0.6 is 0 Å². The molecule has 2 aromatic heterocycles. The standard InChI is InChI=1S/C20H28N4O2/c1-23-15-22-19-12-24(10-17-3-2-6-21-9-17)11-18(20(19)23)14-26-13-16-4-7-25-8-5-16/h2-3,6,9,15-16,18H,4-5,7-8,10-14H2,1H3. The van der Waals surface area contributed by atoms with Crippen molar-refractivity contribution in [2.75, 3.05) is 33.0 Å². The highest BCUT2D eigenvalue weighted by Gasteiger charge is 2.29. The molecule has 0 amide bonds. The van der Waals surface area contributed by atoms with E-state index >= 15 is 0 Å². The van der Waals surface area contributed by atoms with Gasteiger partial charge in [0.25, 0.3) is 0 Å². The molecule has 1 saturated heterocycles. The fourth-order valence-electron chi connectivity index (χ4n) is 4.10. The first-order chi connectivity index (χ1) is 12.8. The van der Waals surface area contributed by atoms with Gasteiger partial charge < -0.3 is 14.0 Å². The molecule has 4 heterocycles. The Bertz CT molecular complexity index is 697. The minimum atomic E-state index is 0.364. The van der Waals surface area contributed by atoms with E-state index in [0.717, 1.165) is 58.9 Å². The molecular formula is C20H28N4O2. The molecule has 1 unspecified atom stereocenters. The van der Waals surface area contributed by atoms with Crippen LogP contribution in [0, 0.1) is 5.92 Å². The van der Waals surface area contributed by atoms with Crippen LogP contribution in [0.15, 0.2) is 30.9 Å². The third-order valence-electron chi connectivity index (χ3n) is 5.44. The van der Waals surface area contributed by atoms with Crippen LogP contribution in [-0.4, -0.2) is 52.4 Å². The molecule has 140 valence electrons. The molecule has 4 rings (SSSR count). The van der Waals surface area contributed by atoms with Crippen molar-refractivity contribution in [3.05, 3.63) is 47.8 Å². The quantitative estimate of drug-likeness (QED) is 0.795. The van der Waals surface area contributed by atoms with E-state index in [0.29, 0.717) is 11.8 Å². The number of aryl methyl sites for hydroxylation is 1. The topological polar surface area (TPSA) is 52.4 Å². The highest BCUT2D eigenvalue weighted by Crippen LogP contribution is 2.29. The minimum Gasteiger partial charge on any atom is -0.381 e. The van der Waals surface area contributed by atoms with E-state index in [1.165, 1.54) is 17.0 Å². The number of aromatic nitrogens is 3. The van der Waals surface area contributed by atoms with Crippen LogP contribution in [0.5, 0.6) is 0 Å². The van der Waals surface area contributed by atoms with Gasteiger partial charge >= 0.3 is 0 Å². The van der Waals surface area contributed by atoms with Gasteiger partial charge in [-0.2, -0.15) is 0 Å². The molecule has 0 spiro atoms. The third-order valence-corrected chi connectivity index (χ3v) is 5.44. The maximum absolute atomic E-state index is 6.16. The molecule has 6 nitrogen and oxygen atoms in total. The first-order valence-electron chi connectivity index (χ1n) is 9.56. The van der Waals surface area contributed by atoms with E-state index in [2.05, 4.69) is 32.5 Å². The van der Waals surface area contributed by atoms with Gasteiger partial charge in [-0.15, -0.1) is 0 Å². The maximum atomic E-state index is 6.16. The molecule has 2 aliphatic heterocycles. The number of hydrogen-bond acceptors (Lipinski definition) is 5. The zero-order chi connectivity index (χ0) is 17.8. The van der Waals surface area contributed by atoms with Gasteiger partial charge in [0.05, 0.1) is 18.6 Å². The summed E-state index contributed by atoms with van der Waals surface area (Å²) in [6.45, 7) is 6.14. The Kier molecular flexibility index (Phi) is 5.62. The summed E-state index contributed by atoms with van der Waals surface area (Å²) in [5, 5.41) is 0. The van der Waals surface area contributed by atoms with E-state index < -0.39 is 0 Å². The summed E-state index contributed by atoms with van der Waals surface area (Å²) < 4.78 is 13.8. The van der Waals surface area contributed by atoms with Gasteiger partial charge in [0.15, 0.2) is 0 Å². The normalized spacial score (nSPS) is 21.7. The lowest BCUT2D eigenvalue weighted by Gasteiger charge is -2.33. The monoisotopic (exact) mass is 356 g/mol. The summed E-state index contributed by atoms with van der Waals surface area (Å²) in [6, 6.07) is 4.14. The Labute approximate surface area is 155 Å². The second kappa shape index (κ2) is 8.29. The van der Waals surface area contributed by atoms with Crippen molar-refractivity contribution >= 4 is 0 Å². The number of fused-ring (bicyclic) bond motifs is 1. The first kappa shape index (κ1) is 17.6. The SMILES string of the molecule is Cn1cnc2c1C(COCC1CCOCC1)CN(Cc1cccnc1)C2. The highest BCUT2D eigenvalue weighted by atomic mass is 16.5. The molecule has 0 aliphatic carbocycles. The molecule has 0 saturated carbocycles. The van der Waals surface area contributed by atoms with Crippen LogP contribution in [-0.2, 0) is 29.6 Å². The molecule has 26 heavy (non-hydrogen) atoms. The fraction of sp³-hybridized carbons (Fsp3) is 0.600. The van der Waals surface area contributed by atoms with Crippen LogP contribution in [0.3, 0.4) is 0 Å². The molecule has 2 aromatic rings. The van der Waals surface area contributed by atoms with E-state index in [-0.39, 0.29) is 0 Å².